The van der Waals surface area contributed by atoms with Gasteiger partial charge in [-0.05, 0) is 30.3 Å². The lowest BCUT2D eigenvalue weighted by molar-refractivity contribution is 0.0478. The number of esters is 1. The summed E-state index contributed by atoms with van der Waals surface area (Å²) in [6, 6.07) is 12.9. The first-order valence-corrected chi connectivity index (χ1v) is 9.37. The summed E-state index contributed by atoms with van der Waals surface area (Å²) in [6.07, 6.45) is 0. The number of fused-ring (bicyclic) bond motifs is 1. The molecule has 0 spiro atoms. The van der Waals surface area contributed by atoms with Crippen molar-refractivity contribution in [2.45, 2.75) is 4.90 Å². The van der Waals surface area contributed by atoms with E-state index in [4.69, 9.17) is 4.74 Å². The number of ether oxygens (including phenoxy) is 1. The second kappa shape index (κ2) is 6.80. The molecule has 0 atom stereocenters. The summed E-state index contributed by atoms with van der Waals surface area (Å²) >= 11 is 0. The molecule has 1 aliphatic rings. The van der Waals surface area contributed by atoms with Crippen molar-refractivity contribution < 1.29 is 22.7 Å². The van der Waals surface area contributed by atoms with Crippen molar-refractivity contribution in [3.05, 3.63) is 59.7 Å². The molecule has 2 aromatic rings. The van der Waals surface area contributed by atoms with Crippen LogP contribution in [-0.2, 0) is 14.8 Å². The van der Waals surface area contributed by atoms with Gasteiger partial charge in [-0.1, -0.05) is 18.2 Å². The number of rotatable bonds is 5. The van der Waals surface area contributed by atoms with Gasteiger partial charge in [-0.15, -0.1) is 0 Å². The molecule has 136 valence electrons. The fourth-order valence-electron chi connectivity index (χ4n) is 2.67. The standard InChI is InChI=1S/C18H18N2O5S/c1-19(2)14-7-5-6-13(12-14)18(22)25-11-10-20-17(21)15-8-3-4-9-16(15)26(20,23)24/h3-9,12H,10-11H2,1-2H3. The van der Waals surface area contributed by atoms with Crippen molar-refractivity contribution >= 4 is 27.6 Å². The minimum Gasteiger partial charge on any atom is -0.460 e. The highest BCUT2D eigenvalue weighted by Crippen LogP contribution is 2.29. The molecule has 0 radical (unpaired) electrons. The predicted molar refractivity (Wildman–Crippen MR) is 95.7 cm³/mol. The molecule has 26 heavy (non-hydrogen) atoms. The maximum absolute atomic E-state index is 12.4. The summed E-state index contributed by atoms with van der Waals surface area (Å²) in [5, 5.41) is 0. The molecule has 0 aliphatic carbocycles. The van der Waals surface area contributed by atoms with Crippen LogP contribution in [0.3, 0.4) is 0 Å². The lowest BCUT2D eigenvalue weighted by atomic mass is 10.2. The van der Waals surface area contributed by atoms with E-state index >= 15 is 0 Å². The molecular weight excluding hydrogens is 356 g/mol. The number of hydrogen-bond donors (Lipinski definition) is 0. The number of anilines is 1. The van der Waals surface area contributed by atoms with Gasteiger partial charge in [-0.2, -0.15) is 0 Å². The number of hydrogen-bond acceptors (Lipinski definition) is 6. The molecule has 2 aromatic carbocycles. The number of carbonyl (C=O) groups excluding carboxylic acids is 2. The van der Waals surface area contributed by atoms with Gasteiger partial charge in [0, 0.05) is 19.8 Å². The van der Waals surface area contributed by atoms with Crippen LogP contribution in [0.2, 0.25) is 0 Å². The van der Waals surface area contributed by atoms with Gasteiger partial charge in [-0.3, -0.25) is 4.79 Å². The van der Waals surface area contributed by atoms with Crippen LogP contribution in [0.5, 0.6) is 0 Å². The predicted octanol–water partition coefficient (Wildman–Crippen LogP) is 1.75. The van der Waals surface area contributed by atoms with Crippen LogP contribution in [0.4, 0.5) is 5.69 Å². The Morgan fingerprint density at radius 1 is 1.12 bits per heavy atom. The molecule has 1 aliphatic heterocycles. The summed E-state index contributed by atoms with van der Waals surface area (Å²) in [7, 11) is -0.184. The highest BCUT2D eigenvalue weighted by Gasteiger charge is 2.40. The van der Waals surface area contributed by atoms with Crippen molar-refractivity contribution in [1.82, 2.24) is 4.31 Å². The van der Waals surface area contributed by atoms with E-state index in [2.05, 4.69) is 0 Å². The Kier molecular flexibility index (Phi) is 4.69. The number of amides is 1. The van der Waals surface area contributed by atoms with Crippen LogP contribution < -0.4 is 4.90 Å². The van der Waals surface area contributed by atoms with Gasteiger partial charge in [0.15, 0.2) is 0 Å². The summed E-state index contributed by atoms with van der Waals surface area (Å²) < 4.78 is 30.7. The van der Waals surface area contributed by atoms with Crippen LogP contribution in [0.25, 0.3) is 0 Å². The van der Waals surface area contributed by atoms with Gasteiger partial charge in [-0.25, -0.2) is 17.5 Å². The van der Waals surface area contributed by atoms with Gasteiger partial charge >= 0.3 is 5.97 Å². The highest BCUT2D eigenvalue weighted by molar-refractivity contribution is 7.90. The molecule has 1 amide bonds. The molecule has 1 heterocycles. The number of benzene rings is 2. The fraction of sp³-hybridized carbons (Fsp3) is 0.222. The van der Waals surface area contributed by atoms with E-state index in [1.54, 1.807) is 30.3 Å². The molecule has 0 unspecified atom stereocenters. The van der Waals surface area contributed by atoms with Crippen molar-refractivity contribution in [3.63, 3.8) is 0 Å². The monoisotopic (exact) mass is 374 g/mol. The lowest BCUT2D eigenvalue weighted by Gasteiger charge is -2.16. The maximum Gasteiger partial charge on any atom is 0.338 e. The third-order valence-electron chi connectivity index (χ3n) is 4.04. The first-order valence-electron chi connectivity index (χ1n) is 7.93. The maximum atomic E-state index is 12.4. The normalized spacial score (nSPS) is 14.8. The molecule has 0 N–H and O–H groups in total. The Morgan fingerprint density at radius 3 is 2.54 bits per heavy atom. The van der Waals surface area contributed by atoms with Crippen LogP contribution in [-0.4, -0.2) is 51.8 Å². The SMILES string of the molecule is CN(C)c1cccc(C(=O)OCCN2C(=O)c3ccccc3S2(=O)=O)c1. The first-order chi connectivity index (χ1) is 12.3. The van der Waals surface area contributed by atoms with Crippen LogP contribution >= 0.6 is 0 Å². The topological polar surface area (TPSA) is 84.0 Å². The van der Waals surface area contributed by atoms with Gasteiger partial charge < -0.3 is 9.64 Å². The van der Waals surface area contributed by atoms with E-state index in [-0.39, 0.29) is 23.6 Å². The fourth-order valence-corrected chi connectivity index (χ4v) is 4.22. The summed E-state index contributed by atoms with van der Waals surface area (Å²) in [4.78, 5) is 26.3. The molecule has 0 bridgehead atoms. The van der Waals surface area contributed by atoms with Crippen molar-refractivity contribution in [2.24, 2.45) is 0 Å². The van der Waals surface area contributed by atoms with Crippen molar-refractivity contribution in [1.29, 1.82) is 0 Å². The Labute approximate surface area is 151 Å². The Balaban J connectivity index is 1.66. The molecule has 0 saturated carbocycles. The first kappa shape index (κ1) is 17.9. The second-order valence-electron chi connectivity index (χ2n) is 5.96. The van der Waals surface area contributed by atoms with E-state index < -0.39 is 21.9 Å². The zero-order valence-electron chi connectivity index (χ0n) is 14.4. The average Bonchev–Trinajstić information content (AvgIpc) is 2.82. The van der Waals surface area contributed by atoms with Crippen LogP contribution in [0, 0.1) is 0 Å². The summed E-state index contributed by atoms with van der Waals surface area (Å²) in [5.41, 5.74) is 1.33. The molecule has 8 heteroatoms. The van der Waals surface area contributed by atoms with E-state index in [1.165, 1.54) is 12.1 Å². The van der Waals surface area contributed by atoms with Crippen molar-refractivity contribution in [2.75, 3.05) is 32.1 Å². The van der Waals surface area contributed by atoms with Gasteiger partial charge in [0.05, 0.1) is 17.7 Å². The molecule has 0 fully saturated rings. The minimum atomic E-state index is -3.89. The molecule has 0 saturated heterocycles. The Bertz CT molecular complexity index is 969. The number of sulfonamides is 1. The molecule has 0 aromatic heterocycles. The van der Waals surface area contributed by atoms with E-state index in [1.807, 2.05) is 25.1 Å². The van der Waals surface area contributed by atoms with E-state index in [9.17, 15) is 18.0 Å². The minimum absolute atomic E-state index is 0.0185. The Morgan fingerprint density at radius 2 is 1.85 bits per heavy atom. The zero-order valence-corrected chi connectivity index (χ0v) is 15.2. The summed E-state index contributed by atoms with van der Waals surface area (Å²) in [6.45, 7) is -0.445. The quantitative estimate of drug-likeness (QED) is 0.742. The second-order valence-corrected chi connectivity index (χ2v) is 7.79. The summed E-state index contributed by atoms with van der Waals surface area (Å²) in [5.74, 6) is -1.18. The van der Waals surface area contributed by atoms with Gasteiger partial charge in [0.1, 0.15) is 11.5 Å². The zero-order chi connectivity index (χ0) is 18.9. The molecular formula is C18H18N2O5S. The number of carbonyl (C=O) groups is 2. The third-order valence-corrected chi connectivity index (χ3v) is 5.88. The van der Waals surface area contributed by atoms with Gasteiger partial charge in [0.2, 0.25) is 0 Å². The molecule has 3 rings (SSSR count). The largest absolute Gasteiger partial charge is 0.460 e. The number of nitrogens with zero attached hydrogens (tertiary/aromatic N) is 2. The van der Waals surface area contributed by atoms with Crippen LogP contribution in [0.1, 0.15) is 20.7 Å². The third kappa shape index (κ3) is 3.15. The van der Waals surface area contributed by atoms with Crippen molar-refractivity contribution in [3.8, 4) is 0 Å². The molecule has 7 nitrogen and oxygen atoms in total. The average molecular weight is 374 g/mol. The van der Waals surface area contributed by atoms with E-state index in [0.717, 1.165) is 9.99 Å². The lowest BCUT2D eigenvalue weighted by Crippen LogP contribution is -2.33. The van der Waals surface area contributed by atoms with Gasteiger partial charge in [0.25, 0.3) is 15.9 Å². The Hall–Kier alpha value is -2.87. The van der Waals surface area contributed by atoms with E-state index in [0.29, 0.717) is 5.56 Å². The highest BCUT2D eigenvalue weighted by atomic mass is 32.2. The smallest absolute Gasteiger partial charge is 0.338 e. The van der Waals surface area contributed by atoms with Crippen LogP contribution in [0.15, 0.2) is 53.4 Å².